The van der Waals surface area contributed by atoms with Gasteiger partial charge in [-0.1, -0.05) is 48.3 Å². The third-order valence-corrected chi connectivity index (χ3v) is 4.59. The van der Waals surface area contributed by atoms with Crippen molar-refractivity contribution >= 4 is 15.9 Å². The first-order valence-electron chi connectivity index (χ1n) is 6.44. The van der Waals surface area contributed by atoms with Crippen LogP contribution < -0.4 is 4.74 Å². The second kappa shape index (κ2) is 7.75. The number of hydrogen-bond donors (Lipinski definition) is 0. The van der Waals surface area contributed by atoms with E-state index in [1.54, 1.807) is 7.11 Å². The van der Waals surface area contributed by atoms with E-state index in [0.29, 0.717) is 4.83 Å². The summed E-state index contributed by atoms with van der Waals surface area (Å²) in [5, 5.41) is 0. The lowest BCUT2D eigenvalue weighted by Crippen LogP contribution is -2.11. The van der Waals surface area contributed by atoms with Crippen molar-refractivity contribution in [2.45, 2.75) is 44.4 Å². The quantitative estimate of drug-likeness (QED) is 0.655. The molecule has 0 N–H and O–H groups in total. The third-order valence-electron chi connectivity index (χ3n) is 3.23. The van der Waals surface area contributed by atoms with E-state index in [1.165, 1.54) is 24.8 Å². The van der Waals surface area contributed by atoms with E-state index in [4.69, 9.17) is 4.74 Å². The van der Waals surface area contributed by atoms with Crippen molar-refractivity contribution in [1.82, 2.24) is 0 Å². The average Bonchev–Trinajstić information content (AvgIpc) is 2.36. The van der Waals surface area contributed by atoms with Gasteiger partial charge in [0.2, 0.25) is 0 Å². The van der Waals surface area contributed by atoms with Crippen LogP contribution in [-0.4, -0.2) is 11.9 Å². The van der Waals surface area contributed by atoms with E-state index in [9.17, 15) is 0 Å². The summed E-state index contributed by atoms with van der Waals surface area (Å²) in [7, 11) is 1.71. The lowest BCUT2D eigenvalue weighted by molar-refractivity contribution is 0.414. The first kappa shape index (κ1) is 14.6. The highest BCUT2D eigenvalue weighted by atomic mass is 79.9. The van der Waals surface area contributed by atoms with Gasteiger partial charge in [-0.25, -0.2) is 0 Å². The number of ether oxygens (including phenoxy) is 1. The van der Waals surface area contributed by atoms with Crippen LogP contribution >= 0.6 is 15.9 Å². The molecule has 0 saturated heterocycles. The predicted octanol–water partition coefficient (Wildman–Crippen LogP) is 4.83. The molecule has 2 heteroatoms. The van der Waals surface area contributed by atoms with Gasteiger partial charge in [-0.2, -0.15) is 0 Å². The van der Waals surface area contributed by atoms with Gasteiger partial charge in [0.1, 0.15) is 5.75 Å². The lowest BCUT2D eigenvalue weighted by Gasteiger charge is -2.17. The Hall–Kier alpha value is -0.500. The Balaban J connectivity index is 2.38. The van der Waals surface area contributed by atoms with Crippen molar-refractivity contribution < 1.29 is 4.74 Å². The Morgan fingerprint density at radius 3 is 2.35 bits per heavy atom. The van der Waals surface area contributed by atoms with Gasteiger partial charge >= 0.3 is 0 Å². The van der Waals surface area contributed by atoms with Crippen LogP contribution in [0, 0.1) is 5.92 Å². The second-order valence-electron chi connectivity index (χ2n) is 4.67. The Morgan fingerprint density at radius 1 is 1.18 bits per heavy atom. The summed E-state index contributed by atoms with van der Waals surface area (Å²) >= 11 is 3.78. The minimum absolute atomic E-state index is 0.658. The molecule has 0 bridgehead atoms. The number of benzene rings is 1. The second-order valence-corrected chi connectivity index (χ2v) is 5.84. The zero-order valence-electron chi connectivity index (χ0n) is 11.1. The molecule has 0 saturated carbocycles. The highest BCUT2D eigenvalue weighted by Gasteiger charge is 2.12. The molecular weight excluding hydrogens is 276 g/mol. The van der Waals surface area contributed by atoms with Gasteiger partial charge in [0.25, 0.3) is 0 Å². The molecular formula is C15H23BrO. The third kappa shape index (κ3) is 5.12. The van der Waals surface area contributed by atoms with E-state index in [2.05, 4.69) is 41.9 Å². The smallest absolute Gasteiger partial charge is 0.118 e. The van der Waals surface area contributed by atoms with Crippen molar-refractivity contribution in [2.75, 3.05) is 7.11 Å². The fraction of sp³-hybridized carbons (Fsp3) is 0.600. The Labute approximate surface area is 114 Å². The van der Waals surface area contributed by atoms with Crippen LogP contribution in [0.2, 0.25) is 0 Å². The molecule has 0 aromatic heterocycles. The number of rotatable bonds is 7. The molecule has 0 fully saturated rings. The number of alkyl halides is 1. The number of hydrogen-bond acceptors (Lipinski definition) is 1. The minimum Gasteiger partial charge on any atom is -0.497 e. The number of halogens is 1. The maximum absolute atomic E-state index is 5.16. The van der Waals surface area contributed by atoms with Gasteiger partial charge in [0.15, 0.2) is 0 Å². The fourth-order valence-corrected chi connectivity index (χ4v) is 2.65. The highest BCUT2D eigenvalue weighted by Crippen LogP contribution is 2.23. The summed E-state index contributed by atoms with van der Waals surface area (Å²) < 4.78 is 5.16. The standard InChI is InChI=1S/C15H23BrO/c1-4-5-15(16)12(2)6-7-13-8-10-14(17-3)11-9-13/h8-12,15H,4-7H2,1-3H3. The van der Waals surface area contributed by atoms with E-state index >= 15 is 0 Å². The van der Waals surface area contributed by atoms with Gasteiger partial charge in [0.05, 0.1) is 7.11 Å². The fourth-order valence-electron chi connectivity index (χ4n) is 1.93. The van der Waals surface area contributed by atoms with Crippen LogP contribution in [0.25, 0.3) is 0 Å². The van der Waals surface area contributed by atoms with Crippen molar-refractivity contribution in [2.24, 2.45) is 5.92 Å². The normalized spacial score (nSPS) is 14.4. The monoisotopic (exact) mass is 298 g/mol. The van der Waals surface area contributed by atoms with Crippen molar-refractivity contribution in [1.29, 1.82) is 0 Å². The first-order valence-corrected chi connectivity index (χ1v) is 7.36. The summed E-state index contributed by atoms with van der Waals surface area (Å²) in [4.78, 5) is 0.658. The molecule has 96 valence electrons. The van der Waals surface area contributed by atoms with E-state index in [-0.39, 0.29) is 0 Å². The average molecular weight is 299 g/mol. The van der Waals surface area contributed by atoms with Crippen molar-refractivity contribution in [3.8, 4) is 5.75 Å². The largest absolute Gasteiger partial charge is 0.497 e. The van der Waals surface area contributed by atoms with Gasteiger partial charge in [-0.3, -0.25) is 0 Å². The molecule has 2 atom stereocenters. The summed E-state index contributed by atoms with van der Waals surface area (Å²) in [5.41, 5.74) is 1.40. The van der Waals surface area contributed by atoms with Crippen LogP contribution in [0.4, 0.5) is 0 Å². The molecule has 0 spiro atoms. The van der Waals surface area contributed by atoms with Crippen LogP contribution in [0.1, 0.15) is 38.7 Å². The molecule has 17 heavy (non-hydrogen) atoms. The first-order chi connectivity index (χ1) is 8.17. The topological polar surface area (TPSA) is 9.23 Å². The molecule has 1 nitrogen and oxygen atoms in total. The molecule has 1 rings (SSSR count). The van der Waals surface area contributed by atoms with Gasteiger partial charge in [-0.15, -0.1) is 0 Å². The van der Waals surface area contributed by atoms with E-state index in [0.717, 1.165) is 18.1 Å². The summed E-state index contributed by atoms with van der Waals surface area (Å²) in [6.45, 7) is 4.57. The van der Waals surface area contributed by atoms with E-state index in [1.807, 2.05) is 12.1 Å². The van der Waals surface area contributed by atoms with Crippen LogP contribution in [-0.2, 0) is 6.42 Å². The number of methoxy groups -OCH3 is 1. The molecule has 1 aromatic rings. The summed E-state index contributed by atoms with van der Waals surface area (Å²) in [5.74, 6) is 1.67. The van der Waals surface area contributed by atoms with Gasteiger partial charge in [-0.05, 0) is 42.9 Å². The molecule has 2 unspecified atom stereocenters. The molecule has 0 radical (unpaired) electrons. The zero-order chi connectivity index (χ0) is 12.7. The van der Waals surface area contributed by atoms with Crippen molar-refractivity contribution in [3.05, 3.63) is 29.8 Å². The molecule has 0 aliphatic heterocycles. The predicted molar refractivity (Wildman–Crippen MR) is 78.1 cm³/mol. The molecule has 0 heterocycles. The molecule has 0 amide bonds. The molecule has 0 aliphatic rings. The number of aryl methyl sites for hydroxylation is 1. The van der Waals surface area contributed by atoms with E-state index < -0.39 is 0 Å². The maximum atomic E-state index is 5.16. The molecule has 0 aliphatic carbocycles. The van der Waals surface area contributed by atoms with Crippen LogP contribution in [0.5, 0.6) is 5.75 Å². The summed E-state index contributed by atoms with van der Waals surface area (Å²) in [6.07, 6.45) is 4.91. The SMILES string of the molecule is CCCC(Br)C(C)CCc1ccc(OC)cc1. The van der Waals surface area contributed by atoms with Gasteiger partial charge in [0, 0.05) is 4.83 Å². The maximum Gasteiger partial charge on any atom is 0.118 e. The molecule has 1 aromatic carbocycles. The Kier molecular flexibility index (Phi) is 6.64. The lowest BCUT2D eigenvalue weighted by atomic mass is 9.96. The van der Waals surface area contributed by atoms with Crippen LogP contribution in [0.3, 0.4) is 0 Å². The van der Waals surface area contributed by atoms with Crippen LogP contribution in [0.15, 0.2) is 24.3 Å². The zero-order valence-corrected chi connectivity index (χ0v) is 12.7. The Morgan fingerprint density at radius 2 is 1.82 bits per heavy atom. The van der Waals surface area contributed by atoms with Gasteiger partial charge < -0.3 is 4.74 Å². The minimum atomic E-state index is 0.658. The highest BCUT2D eigenvalue weighted by molar-refractivity contribution is 9.09. The van der Waals surface area contributed by atoms with Crippen molar-refractivity contribution in [3.63, 3.8) is 0 Å². The summed E-state index contributed by atoms with van der Waals surface area (Å²) in [6, 6.07) is 8.40. The Bertz CT molecular complexity index is 307.